The van der Waals surface area contributed by atoms with Gasteiger partial charge < -0.3 is 10.8 Å². The number of carbonyl (C=O) groups is 1. The van der Waals surface area contributed by atoms with Crippen LogP contribution in [0.2, 0.25) is 0 Å². The third-order valence-corrected chi connectivity index (χ3v) is 5.24. The van der Waals surface area contributed by atoms with Gasteiger partial charge in [-0.05, 0) is 30.7 Å². The van der Waals surface area contributed by atoms with E-state index in [1.807, 2.05) is 6.92 Å². The van der Waals surface area contributed by atoms with Crippen molar-refractivity contribution in [2.45, 2.75) is 30.3 Å². The number of nitrogens with two attached hydrogens (primary N) is 1. The van der Waals surface area contributed by atoms with Crippen LogP contribution in [0, 0.1) is 0 Å². The van der Waals surface area contributed by atoms with Crippen molar-refractivity contribution >= 4 is 15.9 Å². The normalized spacial score (nSPS) is 18.5. The molecular formula is C13H18N2O4S. The molecule has 20 heavy (non-hydrogen) atoms. The fourth-order valence-electron chi connectivity index (χ4n) is 2.34. The maximum Gasteiger partial charge on any atom is 0.248 e. The molecule has 1 aliphatic heterocycles. The molecule has 7 heteroatoms. The van der Waals surface area contributed by atoms with Crippen molar-refractivity contribution in [3.8, 4) is 0 Å². The van der Waals surface area contributed by atoms with E-state index >= 15 is 0 Å². The Labute approximate surface area is 118 Å². The molecule has 2 rings (SSSR count). The number of benzene rings is 1. The molecule has 1 heterocycles. The second-order valence-corrected chi connectivity index (χ2v) is 7.07. The summed E-state index contributed by atoms with van der Waals surface area (Å²) < 4.78 is 25.8. The average molecular weight is 298 g/mol. The van der Waals surface area contributed by atoms with E-state index in [-0.39, 0.29) is 23.5 Å². The van der Waals surface area contributed by atoms with Crippen molar-refractivity contribution in [2.75, 3.05) is 13.1 Å². The molecule has 0 atom stereocenters. The van der Waals surface area contributed by atoms with Crippen LogP contribution in [0.1, 0.15) is 30.1 Å². The Balaban J connectivity index is 2.14. The number of primary amides is 1. The van der Waals surface area contributed by atoms with Crippen LogP contribution in [0.15, 0.2) is 29.2 Å². The van der Waals surface area contributed by atoms with Crippen LogP contribution in [0.25, 0.3) is 0 Å². The number of amides is 1. The molecule has 0 bridgehead atoms. The van der Waals surface area contributed by atoms with Gasteiger partial charge in [-0.25, -0.2) is 8.42 Å². The quantitative estimate of drug-likeness (QED) is 0.817. The predicted octanol–water partition coefficient (Wildman–Crippen LogP) is 0.321. The van der Waals surface area contributed by atoms with Crippen LogP contribution in [-0.2, 0) is 10.0 Å². The lowest BCUT2D eigenvalue weighted by Crippen LogP contribution is -2.63. The van der Waals surface area contributed by atoms with Gasteiger partial charge in [-0.15, -0.1) is 0 Å². The number of β-amino-alcohol motifs (C(OH)–C–C–N with tert-alkyl or cyclic N) is 1. The molecule has 0 spiro atoms. The van der Waals surface area contributed by atoms with Gasteiger partial charge in [-0.1, -0.05) is 13.3 Å². The summed E-state index contributed by atoms with van der Waals surface area (Å²) in [6.07, 6.45) is 1.39. The summed E-state index contributed by atoms with van der Waals surface area (Å²) in [6.45, 7) is 2.17. The second-order valence-electron chi connectivity index (χ2n) is 5.14. The van der Waals surface area contributed by atoms with Gasteiger partial charge in [0.25, 0.3) is 0 Å². The lowest BCUT2D eigenvalue weighted by molar-refractivity contribution is -0.0653. The van der Waals surface area contributed by atoms with Gasteiger partial charge in [-0.2, -0.15) is 4.31 Å². The molecule has 0 aliphatic carbocycles. The van der Waals surface area contributed by atoms with Crippen molar-refractivity contribution in [3.05, 3.63) is 29.8 Å². The van der Waals surface area contributed by atoms with E-state index in [1.165, 1.54) is 28.6 Å². The summed E-state index contributed by atoms with van der Waals surface area (Å²) in [5, 5.41) is 10.0. The van der Waals surface area contributed by atoms with E-state index in [1.54, 1.807) is 0 Å². The first kappa shape index (κ1) is 15.0. The molecule has 1 amide bonds. The zero-order valence-corrected chi connectivity index (χ0v) is 12.1. The molecule has 1 fully saturated rings. The molecule has 0 unspecified atom stereocenters. The Morgan fingerprint density at radius 2 is 1.90 bits per heavy atom. The molecule has 3 N–H and O–H groups in total. The van der Waals surface area contributed by atoms with Crippen LogP contribution in [0.4, 0.5) is 0 Å². The summed E-state index contributed by atoms with van der Waals surface area (Å²) in [7, 11) is -3.61. The molecule has 1 saturated heterocycles. The van der Waals surface area contributed by atoms with Crippen molar-refractivity contribution in [3.63, 3.8) is 0 Å². The van der Waals surface area contributed by atoms with E-state index in [0.717, 1.165) is 6.42 Å². The number of sulfonamides is 1. The standard InChI is InChI=1S/C13H18N2O4S/c1-2-7-13(17)8-15(9-13)20(18,19)11-5-3-10(4-6-11)12(14)16/h3-6,17H,2,7-9H2,1H3,(H2,14,16). The van der Waals surface area contributed by atoms with E-state index < -0.39 is 21.5 Å². The summed E-state index contributed by atoms with van der Waals surface area (Å²) in [5.41, 5.74) is 4.46. The molecule has 110 valence electrons. The Morgan fingerprint density at radius 3 is 2.35 bits per heavy atom. The molecular weight excluding hydrogens is 280 g/mol. The average Bonchev–Trinajstić information content (AvgIpc) is 2.36. The molecule has 0 radical (unpaired) electrons. The van der Waals surface area contributed by atoms with Gasteiger partial charge in [0.1, 0.15) is 0 Å². The first-order valence-electron chi connectivity index (χ1n) is 6.41. The van der Waals surface area contributed by atoms with Gasteiger partial charge in [0, 0.05) is 18.7 Å². The van der Waals surface area contributed by atoms with Gasteiger partial charge in [0.15, 0.2) is 0 Å². The monoisotopic (exact) mass is 298 g/mol. The minimum absolute atomic E-state index is 0.0982. The summed E-state index contributed by atoms with van der Waals surface area (Å²) >= 11 is 0. The van der Waals surface area contributed by atoms with Crippen molar-refractivity contribution in [1.29, 1.82) is 0 Å². The lowest BCUT2D eigenvalue weighted by Gasteiger charge is -2.45. The smallest absolute Gasteiger partial charge is 0.248 e. The highest BCUT2D eigenvalue weighted by atomic mass is 32.2. The highest BCUT2D eigenvalue weighted by molar-refractivity contribution is 7.89. The molecule has 6 nitrogen and oxygen atoms in total. The Morgan fingerprint density at radius 1 is 1.35 bits per heavy atom. The third kappa shape index (κ3) is 2.70. The minimum atomic E-state index is -3.61. The van der Waals surface area contributed by atoms with E-state index in [9.17, 15) is 18.3 Å². The Hall–Kier alpha value is -1.44. The van der Waals surface area contributed by atoms with E-state index in [2.05, 4.69) is 0 Å². The van der Waals surface area contributed by atoms with Crippen LogP contribution < -0.4 is 5.73 Å². The van der Waals surface area contributed by atoms with E-state index in [4.69, 9.17) is 5.73 Å². The maximum absolute atomic E-state index is 12.3. The zero-order valence-electron chi connectivity index (χ0n) is 11.2. The lowest BCUT2D eigenvalue weighted by atomic mass is 9.92. The fourth-order valence-corrected chi connectivity index (χ4v) is 3.94. The largest absolute Gasteiger partial charge is 0.387 e. The highest BCUT2D eigenvalue weighted by Gasteiger charge is 2.46. The second kappa shape index (κ2) is 5.16. The zero-order chi connectivity index (χ0) is 15.0. The topological polar surface area (TPSA) is 101 Å². The fraction of sp³-hybridized carbons (Fsp3) is 0.462. The van der Waals surface area contributed by atoms with Crippen molar-refractivity contribution < 1.29 is 18.3 Å². The maximum atomic E-state index is 12.3. The Bertz CT molecular complexity index is 604. The molecule has 0 saturated carbocycles. The predicted molar refractivity (Wildman–Crippen MR) is 73.6 cm³/mol. The highest BCUT2D eigenvalue weighted by Crippen LogP contribution is 2.31. The minimum Gasteiger partial charge on any atom is -0.387 e. The van der Waals surface area contributed by atoms with Crippen molar-refractivity contribution in [1.82, 2.24) is 4.31 Å². The first-order chi connectivity index (χ1) is 9.28. The van der Waals surface area contributed by atoms with Crippen LogP contribution in [0.5, 0.6) is 0 Å². The number of aliphatic hydroxyl groups is 1. The SMILES string of the molecule is CCCC1(O)CN(S(=O)(=O)c2ccc(C(N)=O)cc2)C1. The third-order valence-electron chi connectivity index (χ3n) is 3.43. The van der Waals surface area contributed by atoms with E-state index in [0.29, 0.717) is 6.42 Å². The molecule has 1 aromatic rings. The van der Waals surface area contributed by atoms with Gasteiger partial charge >= 0.3 is 0 Å². The Kier molecular flexibility index (Phi) is 3.86. The number of hydrogen-bond donors (Lipinski definition) is 2. The van der Waals surface area contributed by atoms with Crippen LogP contribution in [0.3, 0.4) is 0 Å². The van der Waals surface area contributed by atoms with Crippen molar-refractivity contribution in [2.24, 2.45) is 5.73 Å². The van der Waals surface area contributed by atoms with Crippen LogP contribution in [-0.4, -0.2) is 42.4 Å². The first-order valence-corrected chi connectivity index (χ1v) is 7.85. The molecule has 0 aromatic heterocycles. The molecule has 1 aromatic carbocycles. The number of nitrogens with zero attached hydrogens (tertiary/aromatic N) is 1. The van der Waals surface area contributed by atoms with Gasteiger partial charge in [0.2, 0.25) is 15.9 Å². The summed E-state index contributed by atoms with van der Waals surface area (Å²) in [4.78, 5) is 11.0. The number of rotatable bonds is 5. The molecule has 1 aliphatic rings. The summed E-state index contributed by atoms with van der Waals surface area (Å²) in [5.74, 6) is -0.602. The van der Waals surface area contributed by atoms with Gasteiger partial charge in [0.05, 0.1) is 10.5 Å². The number of carbonyl (C=O) groups excluding carboxylic acids is 1. The van der Waals surface area contributed by atoms with Crippen LogP contribution >= 0.6 is 0 Å². The number of hydrogen-bond acceptors (Lipinski definition) is 4. The summed E-state index contributed by atoms with van der Waals surface area (Å²) in [6, 6.07) is 5.47. The van der Waals surface area contributed by atoms with Gasteiger partial charge in [-0.3, -0.25) is 4.79 Å².